The Labute approximate surface area is 184 Å². The van der Waals surface area contributed by atoms with Crippen LogP contribution in [0.3, 0.4) is 0 Å². The molecule has 0 radical (unpaired) electrons. The minimum Gasteiger partial charge on any atom is -0.454 e. The van der Waals surface area contributed by atoms with Gasteiger partial charge in [-0.25, -0.2) is 14.8 Å². The summed E-state index contributed by atoms with van der Waals surface area (Å²) in [5.74, 6) is 1.16. The predicted octanol–water partition coefficient (Wildman–Crippen LogP) is 1.75. The average molecular weight is 461 g/mol. The Morgan fingerprint density at radius 3 is 2.55 bits per heavy atom. The second-order valence-electron chi connectivity index (χ2n) is 7.08. The van der Waals surface area contributed by atoms with Crippen LogP contribution in [0.25, 0.3) is 11.2 Å². The van der Waals surface area contributed by atoms with Crippen LogP contribution in [0.5, 0.6) is 11.5 Å². The highest BCUT2D eigenvalue weighted by molar-refractivity contribution is 7.99. The van der Waals surface area contributed by atoms with Crippen molar-refractivity contribution in [3.63, 3.8) is 0 Å². The van der Waals surface area contributed by atoms with Crippen LogP contribution < -0.4 is 20.7 Å². The van der Waals surface area contributed by atoms with Crippen LogP contribution in [0.1, 0.15) is 5.56 Å². The molecule has 1 aliphatic rings. The van der Waals surface area contributed by atoms with Crippen molar-refractivity contribution in [2.24, 2.45) is 21.1 Å². The maximum atomic E-state index is 13.0. The van der Waals surface area contributed by atoms with Crippen molar-refractivity contribution >= 4 is 34.5 Å². The number of halogens is 1. The van der Waals surface area contributed by atoms with E-state index in [-0.39, 0.29) is 13.3 Å². The number of fused-ring (bicyclic) bond motifs is 2. The predicted molar refractivity (Wildman–Crippen MR) is 114 cm³/mol. The number of aryl methyl sites for hydroxylation is 2. The molecular formula is C19H17ClN6O4S. The van der Waals surface area contributed by atoms with Crippen LogP contribution in [0.2, 0.25) is 5.02 Å². The summed E-state index contributed by atoms with van der Waals surface area (Å²) < 4.78 is 16.9. The third-order valence-corrected chi connectivity index (χ3v) is 6.56. The van der Waals surface area contributed by atoms with E-state index >= 15 is 0 Å². The highest BCUT2D eigenvalue weighted by Crippen LogP contribution is 2.38. The van der Waals surface area contributed by atoms with Gasteiger partial charge in [0.05, 0.1) is 6.54 Å². The molecule has 0 amide bonds. The molecule has 0 unspecified atom stereocenters. The lowest BCUT2D eigenvalue weighted by atomic mass is 10.2. The van der Waals surface area contributed by atoms with Crippen LogP contribution in [-0.4, -0.2) is 35.0 Å². The number of benzene rings is 1. The number of hydrogen-bond acceptors (Lipinski definition) is 7. The zero-order chi connectivity index (χ0) is 21.9. The Bertz CT molecular complexity index is 1470. The Hall–Kier alpha value is -3.18. The molecule has 1 aliphatic heterocycles. The molecule has 12 heteroatoms. The van der Waals surface area contributed by atoms with Crippen molar-refractivity contribution in [2.45, 2.75) is 16.9 Å². The Morgan fingerprint density at radius 1 is 1.10 bits per heavy atom. The molecule has 0 saturated heterocycles. The standard InChI is InChI=1S/C19H17ClN6O4S/c1-23-5-4-21-17(23)31-18-22-15-14(16(27)25(3)19(28)24(15)2)26(18)8-10-6-12-13(7-11(10)20)30-9-29-12/h4-7H,8-9H2,1-3H3. The Morgan fingerprint density at radius 2 is 1.84 bits per heavy atom. The van der Waals surface area contributed by atoms with Gasteiger partial charge in [0.1, 0.15) is 0 Å². The second kappa shape index (κ2) is 7.20. The van der Waals surface area contributed by atoms with E-state index in [4.69, 9.17) is 21.1 Å². The van der Waals surface area contributed by atoms with Crippen LogP contribution in [-0.2, 0) is 27.7 Å². The van der Waals surface area contributed by atoms with E-state index in [1.54, 1.807) is 29.9 Å². The van der Waals surface area contributed by atoms with E-state index in [1.807, 2.05) is 17.8 Å². The van der Waals surface area contributed by atoms with E-state index in [0.29, 0.717) is 38.0 Å². The maximum Gasteiger partial charge on any atom is 0.332 e. The summed E-state index contributed by atoms with van der Waals surface area (Å²) in [5, 5.41) is 1.67. The van der Waals surface area contributed by atoms with E-state index in [2.05, 4.69) is 9.97 Å². The molecule has 0 spiro atoms. The quantitative estimate of drug-likeness (QED) is 0.457. The van der Waals surface area contributed by atoms with Crippen molar-refractivity contribution in [3.05, 3.63) is 56.0 Å². The third kappa shape index (κ3) is 3.12. The van der Waals surface area contributed by atoms with Gasteiger partial charge >= 0.3 is 5.69 Å². The van der Waals surface area contributed by atoms with Crippen molar-refractivity contribution in [2.75, 3.05) is 6.79 Å². The smallest absolute Gasteiger partial charge is 0.332 e. The SMILES string of the molecule is Cn1ccnc1Sc1nc2c(c(=O)n(C)c(=O)n2C)n1Cc1cc2c(cc1Cl)OCO2. The van der Waals surface area contributed by atoms with Gasteiger partial charge in [-0.2, -0.15) is 0 Å². The Kier molecular flexibility index (Phi) is 4.59. The number of ether oxygens (including phenoxy) is 2. The summed E-state index contributed by atoms with van der Waals surface area (Å²) in [6.45, 7) is 0.373. The largest absolute Gasteiger partial charge is 0.454 e. The fraction of sp³-hybridized carbons (Fsp3) is 0.263. The normalized spacial score (nSPS) is 12.8. The monoisotopic (exact) mass is 460 g/mol. The summed E-state index contributed by atoms with van der Waals surface area (Å²) in [5.41, 5.74) is 0.436. The Balaban J connectivity index is 1.73. The number of imidazole rings is 2. The molecule has 31 heavy (non-hydrogen) atoms. The summed E-state index contributed by atoms with van der Waals surface area (Å²) >= 11 is 7.79. The van der Waals surface area contributed by atoms with Gasteiger partial charge in [-0.15, -0.1) is 0 Å². The highest BCUT2D eigenvalue weighted by Gasteiger charge is 2.23. The molecule has 0 bridgehead atoms. The number of hydrogen-bond donors (Lipinski definition) is 0. The van der Waals surface area contributed by atoms with Crippen molar-refractivity contribution < 1.29 is 9.47 Å². The molecule has 5 rings (SSSR count). The molecule has 4 aromatic rings. The second-order valence-corrected chi connectivity index (χ2v) is 8.42. The molecule has 0 N–H and O–H groups in total. The fourth-order valence-corrected chi connectivity index (χ4v) is 4.53. The van der Waals surface area contributed by atoms with E-state index in [0.717, 1.165) is 10.1 Å². The van der Waals surface area contributed by atoms with Gasteiger partial charge in [-0.3, -0.25) is 13.9 Å². The van der Waals surface area contributed by atoms with Crippen LogP contribution in [0, 0.1) is 0 Å². The van der Waals surface area contributed by atoms with Gasteiger partial charge in [0.25, 0.3) is 5.56 Å². The number of nitrogens with zero attached hydrogens (tertiary/aromatic N) is 6. The third-order valence-electron chi connectivity index (χ3n) is 5.14. The van der Waals surface area contributed by atoms with Crippen molar-refractivity contribution in [3.8, 4) is 11.5 Å². The molecule has 1 aromatic carbocycles. The van der Waals surface area contributed by atoms with Gasteiger partial charge in [0.15, 0.2) is 33.0 Å². The summed E-state index contributed by atoms with van der Waals surface area (Å²) in [6, 6.07) is 3.48. The average Bonchev–Trinajstić information content (AvgIpc) is 3.45. The zero-order valence-corrected chi connectivity index (χ0v) is 18.4. The topological polar surface area (TPSA) is 98.1 Å². The lowest BCUT2D eigenvalue weighted by molar-refractivity contribution is 0.174. The van der Waals surface area contributed by atoms with Gasteiger partial charge in [0.2, 0.25) is 6.79 Å². The van der Waals surface area contributed by atoms with Crippen LogP contribution in [0.4, 0.5) is 0 Å². The van der Waals surface area contributed by atoms with Gasteiger partial charge in [-0.1, -0.05) is 11.6 Å². The molecule has 0 aliphatic carbocycles. The first-order chi connectivity index (χ1) is 14.8. The minimum absolute atomic E-state index is 0.131. The first-order valence-electron chi connectivity index (χ1n) is 9.24. The van der Waals surface area contributed by atoms with E-state index in [1.165, 1.54) is 23.4 Å². The molecule has 0 atom stereocenters. The van der Waals surface area contributed by atoms with E-state index in [9.17, 15) is 9.59 Å². The minimum atomic E-state index is -0.447. The van der Waals surface area contributed by atoms with Gasteiger partial charge in [-0.05, 0) is 23.4 Å². The van der Waals surface area contributed by atoms with Crippen LogP contribution >= 0.6 is 23.4 Å². The highest BCUT2D eigenvalue weighted by atomic mass is 35.5. The fourth-order valence-electron chi connectivity index (χ4n) is 3.43. The zero-order valence-electron chi connectivity index (χ0n) is 16.8. The lowest BCUT2D eigenvalue weighted by Gasteiger charge is -2.11. The molecule has 0 fully saturated rings. The number of rotatable bonds is 4. The van der Waals surface area contributed by atoms with Crippen molar-refractivity contribution in [1.82, 2.24) is 28.2 Å². The molecule has 4 heterocycles. The molecule has 10 nitrogen and oxygen atoms in total. The van der Waals surface area contributed by atoms with Gasteiger partial charge < -0.3 is 18.6 Å². The molecule has 3 aromatic heterocycles. The first kappa shape index (κ1) is 19.8. The molecule has 0 saturated carbocycles. The summed E-state index contributed by atoms with van der Waals surface area (Å²) in [7, 11) is 4.90. The van der Waals surface area contributed by atoms with Crippen LogP contribution in [0.15, 0.2) is 44.4 Å². The maximum absolute atomic E-state index is 13.0. The lowest BCUT2D eigenvalue weighted by Crippen LogP contribution is -2.37. The van der Waals surface area contributed by atoms with Gasteiger partial charge in [0, 0.05) is 44.6 Å². The molecule has 160 valence electrons. The summed E-state index contributed by atoms with van der Waals surface area (Å²) in [6.07, 6.45) is 3.50. The first-order valence-corrected chi connectivity index (χ1v) is 10.4. The molecular weight excluding hydrogens is 444 g/mol. The number of aromatic nitrogens is 6. The van der Waals surface area contributed by atoms with Crippen molar-refractivity contribution in [1.29, 1.82) is 0 Å². The summed E-state index contributed by atoms with van der Waals surface area (Å²) in [4.78, 5) is 34.4. The van der Waals surface area contributed by atoms with E-state index < -0.39 is 11.2 Å².